The molecule has 0 bridgehead atoms. The zero-order valence-electron chi connectivity index (χ0n) is 15.1. The Labute approximate surface area is 154 Å². The van der Waals surface area contributed by atoms with Crippen LogP contribution in [0.3, 0.4) is 0 Å². The van der Waals surface area contributed by atoms with Crippen molar-refractivity contribution in [2.24, 2.45) is 5.92 Å². The quantitative estimate of drug-likeness (QED) is 0.887. The third kappa shape index (κ3) is 4.13. The summed E-state index contributed by atoms with van der Waals surface area (Å²) in [5, 5.41) is 9.26. The largest absolute Gasteiger partial charge is 0.478 e. The minimum absolute atomic E-state index is 0.114. The van der Waals surface area contributed by atoms with Crippen LogP contribution in [0, 0.1) is 5.92 Å². The van der Waals surface area contributed by atoms with Crippen molar-refractivity contribution in [3.63, 3.8) is 0 Å². The number of piperidine rings is 1. The molecule has 1 aliphatic rings. The van der Waals surface area contributed by atoms with Crippen LogP contribution in [0.25, 0.3) is 0 Å². The molecule has 4 nitrogen and oxygen atoms in total. The van der Waals surface area contributed by atoms with Gasteiger partial charge in [0.05, 0.1) is 5.56 Å². The lowest BCUT2D eigenvalue weighted by molar-refractivity contribution is -0.133. The van der Waals surface area contributed by atoms with Crippen molar-refractivity contribution in [2.75, 3.05) is 13.1 Å². The first-order chi connectivity index (χ1) is 12.6. The van der Waals surface area contributed by atoms with Gasteiger partial charge in [0, 0.05) is 19.5 Å². The van der Waals surface area contributed by atoms with Gasteiger partial charge >= 0.3 is 5.97 Å². The number of carboxylic acids is 1. The van der Waals surface area contributed by atoms with Crippen LogP contribution in [0.4, 0.5) is 0 Å². The van der Waals surface area contributed by atoms with E-state index in [4.69, 9.17) is 0 Å². The van der Waals surface area contributed by atoms with Crippen molar-refractivity contribution in [3.05, 3.63) is 71.3 Å². The fourth-order valence-electron chi connectivity index (χ4n) is 3.91. The summed E-state index contributed by atoms with van der Waals surface area (Å²) >= 11 is 0. The molecular weight excluding hydrogens is 326 g/mol. The van der Waals surface area contributed by atoms with Gasteiger partial charge in [-0.25, -0.2) is 4.79 Å². The number of hydrogen-bond donors (Lipinski definition) is 1. The molecule has 2 atom stereocenters. The maximum Gasteiger partial charge on any atom is 0.335 e. The first-order valence-corrected chi connectivity index (χ1v) is 9.20. The summed E-state index contributed by atoms with van der Waals surface area (Å²) in [5.74, 6) is 0.0864. The highest BCUT2D eigenvalue weighted by Crippen LogP contribution is 2.32. The molecule has 0 saturated carbocycles. The van der Waals surface area contributed by atoms with Crippen molar-refractivity contribution < 1.29 is 14.7 Å². The number of aryl methyl sites for hydroxylation is 1. The van der Waals surface area contributed by atoms with E-state index in [9.17, 15) is 14.7 Å². The Morgan fingerprint density at radius 2 is 1.77 bits per heavy atom. The molecular formula is C22H25NO3. The summed E-state index contributed by atoms with van der Waals surface area (Å²) in [6.45, 7) is 3.74. The van der Waals surface area contributed by atoms with Crippen molar-refractivity contribution in [1.82, 2.24) is 4.90 Å². The zero-order valence-corrected chi connectivity index (χ0v) is 15.1. The minimum Gasteiger partial charge on any atom is -0.478 e. The van der Waals surface area contributed by atoms with E-state index in [1.807, 2.05) is 17.0 Å². The average Bonchev–Trinajstić information content (AvgIpc) is 2.66. The number of hydrogen-bond acceptors (Lipinski definition) is 2. The SMILES string of the molecule is CC1CN(C(=O)CCc2ccccc2C(=O)O)CCC1c1ccccc1. The van der Waals surface area contributed by atoms with E-state index in [1.54, 1.807) is 18.2 Å². The van der Waals surface area contributed by atoms with Crippen molar-refractivity contribution >= 4 is 11.9 Å². The lowest BCUT2D eigenvalue weighted by atomic mass is 9.81. The highest BCUT2D eigenvalue weighted by Gasteiger charge is 2.29. The Morgan fingerprint density at radius 3 is 2.46 bits per heavy atom. The first-order valence-electron chi connectivity index (χ1n) is 9.20. The van der Waals surface area contributed by atoms with Gasteiger partial charge in [0.15, 0.2) is 0 Å². The number of amides is 1. The second-order valence-corrected chi connectivity index (χ2v) is 7.09. The molecule has 0 aromatic heterocycles. The number of aromatic carboxylic acids is 1. The molecule has 1 aliphatic heterocycles. The molecule has 1 heterocycles. The third-order valence-electron chi connectivity index (χ3n) is 5.34. The van der Waals surface area contributed by atoms with Crippen LogP contribution in [0.2, 0.25) is 0 Å². The second-order valence-electron chi connectivity index (χ2n) is 7.09. The normalized spacial score (nSPS) is 20.0. The minimum atomic E-state index is -0.939. The number of nitrogens with zero attached hydrogens (tertiary/aromatic N) is 1. The van der Waals surface area contributed by atoms with Gasteiger partial charge in [-0.1, -0.05) is 55.5 Å². The van der Waals surface area contributed by atoms with Crippen molar-refractivity contribution in [3.8, 4) is 0 Å². The van der Waals surface area contributed by atoms with E-state index in [0.717, 1.165) is 25.1 Å². The van der Waals surface area contributed by atoms with Gasteiger partial charge < -0.3 is 10.0 Å². The molecule has 26 heavy (non-hydrogen) atoms. The van der Waals surface area contributed by atoms with E-state index >= 15 is 0 Å². The lowest BCUT2D eigenvalue weighted by Gasteiger charge is -2.37. The van der Waals surface area contributed by atoms with E-state index in [0.29, 0.717) is 24.7 Å². The van der Waals surface area contributed by atoms with E-state index in [-0.39, 0.29) is 11.5 Å². The highest BCUT2D eigenvalue weighted by molar-refractivity contribution is 5.89. The Bertz CT molecular complexity index is 772. The van der Waals surface area contributed by atoms with Crippen LogP contribution in [-0.2, 0) is 11.2 Å². The summed E-state index contributed by atoms with van der Waals surface area (Å²) in [6.07, 6.45) is 1.80. The Morgan fingerprint density at radius 1 is 1.08 bits per heavy atom. The van der Waals surface area contributed by atoms with Gasteiger partial charge in [-0.2, -0.15) is 0 Å². The maximum atomic E-state index is 12.6. The Hall–Kier alpha value is -2.62. The molecule has 2 aromatic carbocycles. The van der Waals surface area contributed by atoms with Crippen LogP contribution in [0.5, 0.6) is 0 Å². The third-order valence-corrected chi connectivity index (χ3v) is 5.34. The van der Waals surface area contributed by atoms with Gasteiger partial charge in [0.2, 0.25) is 5.91 Å². The van der Waals surface area contributed by atoms with Gasteiger partial charge in [0.25, 0.3) is 0 Å². The van der Waals surface area contributed by atoms with Crippen LogP contribution in [0.15, 0.2) is 54.6 Å². The first kappa shape index (κ1) is 18.2. The summed E-state index contributed by atoms with van der Waals surface area (Å²) in [7, 11) is 0. The van der Waals surface area contributed by atoms with Crippen molar-refractivity contribution in [1.29, 1.82) is 0 Å². The van der Waals surface area contributed by atoms with Gasteiger partial charge in [-0.05, 0) is 41.9 Å². The predicted octanol–water partition coefficient (Wildman–Crippen LogP) is 3.97. The molecule has 2 unspecified atom stereocenters. The molecule has 1 amide bonds. The fraction of sp³-hybridized carbons (Fsp3) is 0.364. The van der Waals surface area contributed by atoms with Crippen LogP contribution >= 0.6 is 0 Å². The van der Waals surface area contributed by atoms with Crippen LogP contribution < -0.4 is 0 Å². The number of rotatable bonds is 5. The summed E-state index contributed by atoms with van der Waals surface area (Å²) in [4.78, 5) is 25.8. The monoisotopic (exact) mass is 351 g/mol. The average molecular weight is 351 g/mol. The number of benzene rings is 2. The van der Waals surface area contributed by atoms with Gasteiger partial charge in [-0.3, -0.25) is 4.79 Å². The number of carbonyl (C=O) groups excluding carboxylic acids is 1. The van der Waals surface area contributed by atoms with Gasteiger partial charge in [-0.15, -0.1) is 0 Å². The fourth-order valence-corrected chi connectivity index (χ4v) is 3.91. The van der Waals surface area contributed by atoms with Gasteiger partial charge in [0.1, 0.15) is 0 Å². The summed E-state index contributed by atoms with van der Waals surface area (Å²) in [5.41, 5.74) is 2.36. The number of carbonyl (C=O) groups is 2. The van der Waals surface area contributed by atoms with E-state index < -0.39 is 5.97 Å². The highest BCUT2D eigenvalue weighted by atomic mass is 16.4. The standard InChI is InChI=1S/C22H25NO3/c1-16-15-23(14-13-19(16)17-7-3-2-4-8-17)21(24)12-11-18-9-5-6-10-20(18)22(25)26/h2-10,16,19H,11-15H2,1H3,(H,25,26). The zero-order chi connectivity index (χ0) is 18.5. The lowest BCUT2D eigenvalue weighted by Crippen LogP contribution is -2.42. The molecule has 0 spiro atoms. The Balaban J connectivity index is 1.58. The second kappa shape index (κ2) is 8.17. The maximum absolute atomic E-state index is 12.6. The predicted molar refractivity (Wildman–Crippen MR) is 101 cm³/mol. The molecule has 1 saturated heterocycles. The van der Waals surface area contributed by atoms with Crippen molar-refractivity contribution in [2.45, 2.75) is 32.1 Å². The molecule has 2 aromatic rings. The molecule has 1 fully saturated rings. The molecule has 0 aliphatic carbocycles. The van der Waals surface area contributed by atoms with E-state index in [1.165, 1.54) is 5.56 Å². The smallest absolute Gasteiger partial charge is 0.335 e. The molecule has 4 heteroatoms. The molecule has 1 N–H and O–H groups in total. The number of likely N-dealkylation sites (tertiary alicyclic amines) is 1. The van der Waals surface area contributed by atoms with Crippen LogP contribution in [0.1, 0.15) is 47.2 Å². The summed E-state index contributed by atoms with van der Waals surface area (Å²) in [6, 6.07) is 17.4. The topological polar surface area (TPSA) is 57.6 Å². The number of carboxylic acid groups (broad SMARTS) is 1. The molecule has 0 radical (unpaired) electrons. The van der Waals surface area contributed by atoms with Crippen LogP contribution in [-0.4, -0.2) is 35.0 Å². The molecule has 3 rings (SSSR count). The summed E-state index contributed by atoms with van der Waals surface area (Å²) < 4.78 is 0. The van der Waals surface area contributed by atoms with E-state index in [2.05, 4.69) is 31.2 Å². The molecule has 136 valence electrons. The Kier molecular flexibility index (Phi) is 5.71.